The molecule has 2 rings (SSSR count). The quantitative estimate of drug-likeness (QED) is 0.529. The second-order valence-corrected chi connectivity index (χ2v) is 2.87. The molecule has 60 valence electrons. The van der Waals surface area contributed by atoms with Crippen molar-refractivity contribution in [1.82, 2.24) is 0 Å². The van der Waals surface area contributed by atoms with Crippen LogP contribution in [0.4, 0.5) is 5.69 Å². The fraction of sp³-hybridized carbons (Fsp3) is 0.300. The second-order valence-electron chi connectivity index (χ2n) is 2.87. The highest BCUT2D eigenvalue weighted by molar-refractivity contribution is 5.49. The summed E-state index contributed by atoms with van der Waals surface area (Å²) in [5, 5.41) is 0. The van der Waals surface area contributed by atoms with Crippen LogP contribution in [-0.4, -0.2) is 6.61 Å². The summed E-state index contributed by atoms with van der Waals surface area (Å²) in [5.41, 5.74) is 3.24. The number of rotatable bonds is 0. The molecule has 0 spiro atoms. The van der Waals surface area contributed by atoms with E-state index in [-0.39, 0.29) is 0 Å². The first-order chi connectivity index (χ1) is 5.90. The maximum atomic E-state index is 6.85. The van der Waals surface area contributed by atoms with Crippen molar-refractivity contribution in [1.29, 1.82) is 0 Å². The Kier molecular flexibility index (Phi) is 1.81. The Morgan fingerprint density at radius 2 is 2.25 bits per heavy atom. The lowest BCUT2D eigenvalue weighted by Crippen LogP contribution is -2.08. The van der Waals surface area contributed by atoms with Gasteiger partial charge in [-0.3, -0.25) is 0 Å². The zero-order valence-electron chi connectivity index (χ0n) is 6.71. The molecule has 0 radical (unpaired) electrons. The van der Waals surface area contributed by atoms with Crippen molar-refractivity contribution in [3.05, 3.63) is 40.7 Å². The van der Waals surface area contributed by atoms with E-state index in [0.717, 1.165) is 18.7 Å². The molecule has 0 aromatic heterocycles. The summed E-state index contributed by atoms with van der Waals surface area (Å²) in [6.45, 7) is 8.34. The van der Waals surface area contributed by atoms with Gasteiger partial charge in [-0.15, -0.1) is 0 Å². The molecule has 2 nitrogen and oxygen atoms in total. The molecular formula is C10H9NO. The minimum atomic E-state index is 0.702. The molecule has 0 saturated heterocycles. The fourth-order valence-corrected chi connectivity index (χ4v) is 1.42. The summed E-state index contributed by atoms with van der Waals surface area (Å²) >= 11 is 0. The third-order valence-corrected chi connectivity index (χ3v) is 2.09. The molecule has 1 aromatic carbocycles. The van der Waals surface area contributed by atoms with E-state index in [1.54, 1.807) is 0 Å². The molecule has 2 heteroatoms. The number of ether oxygens (including phenoxy) is 1. The van der Waals surface area contributed by atoms with E-state index in [1.165, 1.54) is 11.1 Å². The van der Waals surface area contributed by atoms with Gasteiger partial charge in [-0.2, -0.15) is 0 Å². The van der Waals surface area contributed by atoms with Gasteiger partial charge in [0.15, 0.2) is 5.69 Å². The largest absolute Gasteiger partial charge is 0.376 e. The summed E-state index contributed by atoms with van der Waals surface area (Å²) < 4.78 is 5.29. The summed E-state index contributed by atoms with van der Waals surface area (Å²) in [6.07, 6.45) is 0.943. The van der Waals surface area contributed by atoms with E-state index < -0.39 is 0 Å². The molecule has 0 saturated carbocycles. The number of fused-ring (bicyclic) bond motifs is 1. The van der Waals surface area contributed by atoms with Crippen molar-refractivity contribution in [3.63, 3.8) is 0 Å². The van der Waals surface area contributed by atoms with E-state index in [9.17, 15) is 0 Å². The van der Waals surface area contributed by atoms with Gasteiger partial charge in [0.1, 0.15) is 0 Å². The van der Waals surface area contributed by atoms with Crippen molar-refractivity contribution in [2.45, 2.75) is 13.0 Å². The Balaban J connectivity index is 2.44. The Labute approximate surface area is 71.6 Å². The van der Waals surface area contributed by atoms with E-state index >= 15 is 0 Å². The van der Waals surface area contributed by atoms with Crippen LogP contribution in [0.15, 0.2) is 18.2 Å². The lowest BCUT2D eigenvalue weighted by atomic mass is 10.0. The number of hydrogen-bond donors (Lipinski definition) is 0. The normalized spacial score (nSPS) is 14.9. The van der Waals surface area contributed by atoms with Crippen LogP contribution in [0, 0.1) is 6.57 Å². The first-order valence-electron chi connectivity index (χ1n) is 3.97. The van der Waals surface area contributed by atoms with Crippen LogP contribution >= 0.6 is 0 Å². The zero-order valence-corrected chi connectivity index (χ0v) is 6.71. The van der Waals surface area contributed by atoms with Crippen molar-refractivity contribution >= 4 is 5.69 Å². The van der Waals surface area contributed by atoms with Crippen molar-refractivity contribution in [2.24, 2.45) is 0 Å². The van der Waals surface area contributed by atoms with Crippen LogP contribution in [0.1, 0.15) is 11.1 Å². The number of nitrogens with zero attached hydrogens (tertiary/aromatic N) is 1. The highest BCUT2D eigenvalue weighted by Gasteiger charge is 2.08. The molecule has 0 fully saturated rings. The van der Waals surface area contributed by atoms with Gasteiger partial charge in [0.2, 0.25) is 0 Å². The average molecular weight is 159 g/mol. The molecule has 0 atom stereocenters. The highest BCUT2D eigenvalue weighted by Crippen LogP contribution is 2.22. The average Bonchev–Trinajstić information content (AvgIpc) is 2.17. The first-order valence-corrected chi connectivity index (χ1v) is 3.97. The van der Waals surface area contributed by atoms with Gasteiger partial charge >= 0.3 is 0 Å². The first kappa shape index (κ1) is 7.33. The predicted molar refractivity (Wildman–Crippen MR) is 46.1 cm³/mol. The molecule has 1 aromatic rings. The zero-order chi connectivity index (χ0) is 8.39. The van der Waals surface area contributed by atoms with Gasteiger partial charge in [-0.25, -0.2) is 4.85 Å². The molecule has 12 heavy (non-hydrogen) atoms. The smallest absolute Gasteiger partial charge is 0.187 e. The van der Waals surface area contributed by atoms with Gasteiger partial charge in [-0.05, 0) is 12.0 Å². The molecule has 0 aliphatic carbocycles. The Morgan fingerprint density at radius 1 is 1.33 bits per heavy atom. The van der Waals surface area contributed by atoms with E-state index in [2.05, 4.69) is 4.85 Å². The number of hydrogen-bond acceptors (Lipinski definition) is 1. The summed E-state index contributed by atoms with van der Waals surface area (Å²) in [5.74, 6) is 0. The van der Waals surface area contributed by atoms with Gasteiger partial charge in [0.25, 0.3) is 0 Å². The van der Waals surface area contributed by atoms with E-state index in [1.807, 2.05) is 18.2 Å². The molecule has 1 heterocycles. The lowest BCUT2D eigenvalue weighted by Gasteiger charge is -2.15. The van der Waals surface area contributed by atoms with Gasteiger partial charge < -0.3 is 4.74 Å². The van der Waals surface area contributed by atoms with Crippen LogP contribution in [-0.2, 0) is 17.8 Å². The van der Waals surface area contributed by atoms with Crippen molar-refractivity contribution in [2.75, 3.05) is 6.61 Å². The molecule has 0 amide bonds. The van der Waals surface area contributed by atoms with Crippen LogP contribution < -0.4 is 0 Å². The van der Waals surface area contributed by atoms with E-state index in [4.69, 9.17) is 11.3 Å². The van der Waals surface area contributed by atoms with Crippen molar-refractivity contribution in [3.8, 4) is 0 Å². The Bertz CT molecular complexity index is 338. The maximum Gasteiger partial charge on any atom is 0.187 e. The summed E-state index contributed by atoms with van der Waals surface area (Å²) in [7, 11) is 0. The summed E-state index contributed by atoms with van der Waals surface area (Å²) in [4.78, 5) is 3.39. The Hall–Kier alpha value is -1.33. The maximum absolute atomic E-state index is 6.85. The van der Waals surface area contributed by atoms with Gasteiger partial charge in [0.05, 0.1) is 19.8 Å². The molecule has 0 bridgehead atoms. The second kappa shape index (κ2) is 2.96. The third-order valence-electron chi connectivity index (χ3n) is 2.09. The van der Waals surface area contributed by atoms with Crippen LogP contribution in [0.2, 0.25) is 0 Å². The third kappa shape index (κ3) is 1.19. The van der Waals surface area contributed by atoms with Crippen molar-refractivity contribution < 1.29 is 4.74 Å². The summed E-state index contributed by atoms with van der Waals surface area (Å²) in [6, 6.07) is 5.80. The minimum Gasteiger partial charge on any atom is -0.376 e. The van der Waals surface area contributed by atoms with Gasteiger partial charge in [0, 0.05) is 0 Å². The molecule has 1 aliphatic rings. The minimum absolute atomic E-state index is 0.702. The molecule has 0 unspecified atom stereocenters. The monoisotopic (exact) mass is 159 g/mol. The lowest BCUT2D eigenvalue weighted by molar-refractivity contribution is 0.111. The molecule has 0 N–H and O–H groups in total. The topological polar surface area (TPSA) is 13.6 Å². The molecule has 1 aliphatic heterocycles. The van der Waals surface area contributed by atoms with E-state index in [0.29, 0.717) is 6.61 Å². The number of benzene rings is 1. The van der Waals surface area contributed by atoms with Crippen LogP contribution in [0.25, 0.3) is 4.85 Å². The SMILES string of the molecule is [C-]#[N+]c1ccc2c(c1)CCOC2. The fourth-order valence-electron chi connectivity index (χ4n) is 1.42. The highest BCUT2D eigenvalue weighted by atomic mass is 16.5. The van der Waals surface area contributed by atoms with Crippen LogP contribution in [0.5, 0.6) is 0 Å². The van der Waals surface area contributed by atoms with Crippen LogP contribution in [0.3, 0.4) is 0 Å². The predicted octanol–water partition coefficient (Wildman–Crippen LogP) is 2.31. The Morgan fingerprint density at radius 3 is 3.08 bits per heavy atom. The molecular weight excluding hydrogens is 150 g/mol. The standard InChI is InChI=1S/C10H9NO/c1-11-10-3-2-9-7-12-5-4-8(9)6-10/h2-3,6H,4-5,7H2. The van der Waals surface area contributed by atoms with Gasteiger partial charge in [-0.1, -0.05) is 23.8 Å².